The Morgan fingerprint density at radius 3 is 2.45 bits per heavy atom. The molecule has 0 fully saturated rings. The zero-order chi connectivity index (χ0) is 22.7. The number of methoxy groups -OCH3 is 1. The second-order valence-electron chi connectivity index (χ2n) is 6.78. The Balaban J connectivity index is 1.75. The molecule has 1 heterocycles. The highest BCUT2D eigenvalue weighted by Gasteiger charge is 2.22. The number of carbonyl (C=O) groups excluding carboxylic acids is 2. The third-order valence-corrected chi connectivity index (χ3v) is 4.76. The summed E-state index contributed by atoms with van der Waals surface area (Å²) in [5, 5.41) is 28.1. The van der Waals surface area contributed by atoms with Crippen LogP contribution in [0.25, 0.3) is 0 Å². The SMILES string of the molecule is COC(=O)c1cccc(NC(=O)c2ccc(Cn3nc(C)c([N+](=O)[O-])c3C)cc2)c1O. The Labute approximate surface area is 177 Å². The second kappa shape index (κ2) is 8.66. The molecule has 2 aromatic carbocycles. The highest BCUT2D eigenvalue weighted by atomic mass is 16.6. The number of nitrogens with one attached hydrogen (secondary N) is 1. The average molecular weight is 424 g/mol. The lowest BCUT2D eigenvalue weighted by Crippen LogP contribution is -2.13. The van der Waals surface area contributed by atoms with Crippen LogP contribution in [0.2, 0.25) is 0 Å². The lowest BCUT2D eigenvalue weighted by Gasteiger charge is -2.10. The first-order chi connectivity index (χ1) is 14.7. The van der Waals surface area contributed by atoms with Gasteiger partial charge in [-0.25, -0.2) is 4.79 Å². The molecule has 0 aliphatic rings. The fourth-order valence-corrected chi connectivity index (χ4v) is 3.15. The van der Waals surface area contributed by atoms with Crippen molar-refractivity contribution in [2.45, 2.75) is 20.4 Å². The van der Waals surface area contributed by atoms with Crippen LogP contribution in [0.5, 0.6) is 5.75 Å². The molecular weight excluding hydrogens is 404 g/mol. The third-order valence-electron chi connectivity index (χ3n) is 4.76. The van der Waals surface area contributed by atoms with Crippen LogP contribution in [-0.2, 0) is 11.3 Å². The zero-order valence-electron chi connectivity index (χ0n) is 17.1. The van der Waals surface area contributed by atoms with Crippen LogP contribution >= 0.6 is 0 Å². The Morgan fingerprint density at radius 1 is 1.19 bits per heavy atom. The number of anilines is 1. The highest BCUT2D eigenvalue weighted by Crippen LogP contribution is 2.28. The lowest BCUT2D eigenvalue weighted by molar-refractivity contribution is -0.386. The molecule has 3 rings (SSSR count). The Hall–Kier alpha value is -4.21. The maximum Gasteiger partial charge on any atom is 0.341 e. The maximum atomic E-state index is 12.5. The summed E-state index contributed by atoms with van der Waals surface area (Å²) in [6.07, 6.45) is 0. The minimum absolute atomic E-state index is 0.00927. The number of nitrogens with zero attached hydrogens (tertiary/aromatic N) is 3. The highest BCUT2D eigenvalue weighted by molar-refractivity contribution is 6.06. The van der Waals surface area contributed by atoms with Gasteiger partial charge in [0.25, 0.3) is 5.91 Å². The summed E-state index contributed by atoms with van der Waals surface area (Å²) < 4.78 is 6.14. The number of aromatic nitrogens is 2. The molecule has 0 spiro atoms. The molecule has 1 aromatic heterocycles. The van der Waals surface area contributed by atoms with E-state index in [1.807, 2.05) is 0 Å². The standard InChI is InChI=1S/C21H20N4O6/c1-12-18(25(29)30)13(2)24(23-12)11-14-7-9-15(10-8-14)20(27)22-17-6-4-5-16(19(17)26)21(28)31-3/h4-10,26H,11H2,1-3H3,(H,22,27). The van der Waals surface area contributed by atoms with E-state index in [1.54, 1.807) is 42.8 Å². The molecular formula is C21H20N4O6. The van der Waals surface area contributed by atoms with Crippen molar-refractivity contribution in [3.05, 3.63) is 80.7 Å². The van der Waals surface area contributed by atoms with Gasteiger partial charge >= 0.3 is 11.7 Å². The number of aryl methyl sites for hydroxylation is 1. The molecule has 0 aliphatic heterocycles. The van der Waals surface area contributed by atoms with Gasteiger partial charge in [-0.1, -0.05) is 18.2 Å². The number of phenols is 1. The fourth-order valence-electron chi connectivity index (χ4n) is 3.15. The first-order valence-electron chi connectivity index (χ1n) is 9.22. The number of hydrogen-bond donors (Lipinski definition) is 2. The number of para-hydroxylation sites is 1. The van der Waals surface area contributed by atoms with Crippen LogP contribution in [0.1, 0.15) is 37.7 Å². The predicted molar refractivity (Wildman–Crippen MR) is 111 cm³/mol. The van der Waals surface area contributed by atoms with Crippen molar-refractivity contribution in [3.63, 3.8) is 0 Å². The minimum Gasteiger partial charge on any atom is -0.505 e. The van der Waals surface area contributed by atoms with Gasteiger partial charge in [0.2, 0.25) is 0 Å². The molecule has 0 radical (unpaired) electrons. The topological polar surface area (TPSA) is 137 Å². The van der Waals surface area contributed by atoms with Gasteiger partial charge in [0.1, 0.15) is 17.0 Å². The third kappa shape index (κ3) is 4.37. The van der Waals surface area contributed by atoms with Crippen LogP contribution in [0, 0.1) is 24.0 Å². The van der Waals surface area contributed by atoms with Crippen LogP contribution in [0.3, 0.4) is 0 Å². The Bertz CT molecular complexity index is 1170. The molecule has 31 heavy (non-hydrogen) atoms. The molecule has 0 aliphatic carbocycles. The molecule has 3 aromatic rings. The van der Waals surface area contributed by atoms with E-state index in [4.69, 9.17) is 0 Å². The summed E-state index contributed by atoms with van der Waals surface area (Å²) in [5.74, 6) is -1.58. The number of amides is 1. The summed E-state index contributed by atoms with van der Waals surface area (Å²) in [7, 11) is 1.19. The summed E-state index contributed by atoms with van der Waals surface area (Å²) in [6.45, 7) is 3.53. The number of ether oxygens (including phenoxy) is 1. The summed E-state index contributed by atoms with van der Waals surface area (Å²) in [4.78, 5) is 34.9. The molecule has 0 saturated heterocycles. The van der Waals surface area contributed by atoms with Crippen molar-refractivity contribution in [2.75, 3.05) is 12.4 Å². The van der Waals surface area contributed by atoms with Crippen LogP contribution < -0.4 is 5.32 Å². The number of aromatic hydroxyl groups is 1. The lowest BCUT2D eigenvalue weighted by atomic mass is 10.1. The molecule has 0 bridgehead atoms. The first-order valence-corrected chi connectivity index (χ1v) is 9.22. The smallest absolute Gasteiger partial charge is 0.341 e. The van der Waals surface area contributed by atoms with Gasteiger partial charge in [-0.2, -0.15) is 5.10 Å². The summed E-state index contributed by atoms with van der Waals surface area (Å²) >= 11 is 0. The number of hydrogen-bond acceptors (Lipinski definition) is 7. The van der Waals surface area contributed by atoms with Gasteiger partial charge in [-0.3, -0.25) is 19.6 Å². The second-order valence-corrected chi connectivity index (χ2v) is 6.78. The van der Waals surface area contributed by atoms with E-state index >= 15 is 0 Å². The molecule has 0 atom stereocenters. The molecule has 2 N–H and O–H groups in total. The van der Waals surface area contributed by atoms with E-state index in [0.29, 0.717) is 23.5 Å². The Kier molecular flexibility index (Phi) is 6.00. The van der Waals surface area contributed by atoms with Crippen molar-refractivity contribution >= 4 is 23.3 Å². The predicted octanol–water partition coefficient (Wildman–Crippen LogP) is 3.20. The van der Waals surface area contributed by atoms with Crippen LogP contribution in [0.4, 0.5) is 11.4 Å². The van der Waals surface area contributed by atoms with Gasteiger partial charge in [0.05, 0.1) is 24.3 Å². The quantitative estimate of drug-likeness (QED) is 0.268. The minimum atomic E-state index is -0.720. The molecule has 10 nitrogen and oxygen atoms in total. The van der Waals surface area contributed by atoms with Gasteiger partial charge < -0.3 is 15.2 Å². The monoisotopic (exact) mass is 424 g/mol. The van der Waals surface area contributed by atoms with Gasteiger partial charge in [0, 0.05) is 5.56 Å². The molecule has 0 saturated carbocycles. The number of nitro groups is 1. The van der Waals surface area contributed by atoms with E-state index in [1.165, 1.54) is 25.3 Å². The van der Waals surface area contributed by atoms with Crippen molar-refractivity contribution in [1.82, 2.24) is 9.78 Å². The van der Waals surface area contributed by atoms with E-state index < -0.39 is 16.8 Å². The zero-order valence-corrected chi connectivity index (χ0v) is 17.1. The van der Waals surface area contributed by atoms with Crippen molar-refractivity contribution in [3.8, 4) is 5.75 Å². The maximum absolute atomic E-state index is 12.5. The Morgan fingerprint density at radius 2 is 1.87 bits per heavy atom. The van der Waals surface area contributed by atoms with E-state index in [2.05, 4.69) is 15.2 Å². The number of esters is 1. The van der Waals surface area contributed by atoms with Gasteiger partial charge in [-0.15, -0.1) is 0 Å². The number of carbonyl (C=O) groups is 2. The molecule has 0 unspecified atom stereocenters. The summed E-state index contributed by atoms with van der Waals surface area (Å²) in [5.41, 5.74) is 1.92. The molecule has 160 valence electrons. The van der Waals surface area contributed by atoms with Crippen LogP contribution in [-0.4, -0.2) is 38.8 Å². The van der Waals surface area contributed by atoms with Crippen LogP contribution in [0.15, 0.2) is 42.5 Å². The van der Waals surface area contributed by atoms with Crippen molar-refractivity contribution in [1.29, 1.82) is 0 Å². The van der Waals surface area contributed by atoms with E-state index in [9.17, 15) is 24.8 Å². The number of phenolic OH excluding ortho intramolecular Hbond substituents is 1. The fraction of sp³-hybridized carbons (Fsp3) is 0.190. The van der Waals surface area contributed by atoms with Gasteiger partial charge in [0.15, 0.2) is 5.75 Å². The average Bonchev–Trinajstić information content (AvgIpc) is 3.02. The number of rotatable bonds is 6. The van der Waals surface area contributed by atoms with Gasteiger partial charge in [-0.05, 0) is 43.7 Å². The van der Waals surface area contributed by atoms with E-state index in [-0.39, 0.29) is 22.7 Å². The number of benzene rings is 2. The summed E-state index contributed by atoms with van der Waals surface area (Å²) in [6, 6.07) is 11.0. The molecule has 1 amide bonds. The van der Waals surface area contributed by atoms with Crippen molar-refractivity contribution < 1.29 is 24.4 Å². The largest absolute Gasteiger partial charge is 0.505 e. The first kappa shape index (κ1) is 21.5. The normalized spacial score (nSPS) is 10.5. The van der Waals surface area contributed by atoms with E-state index in [0.717, 1.165) is 5.56 Å². The van der Waals surface area contributed by atoms with Crippen molar-refractivity contribution in [2.24, 2.45) is 0 Å². The molecule has 10 heteroatoms.